The summed E-state index contributed by atoms with van der Waals surface area (Å²) in [6.45, 7) is 0. The van der Waals surface area contributed by atoms with Crippen molar-refractivity contribution in [2.75, 3.05) is 26.6 Å². The Labute approximate surface area is 188 Å². The number of aromatic nitrogens is 2. The van der Waals surface area contributed by atoms with E-state index in [0.29, 0.717) is 28.6 Å². The Bertz CT molecular complexity index is 1430. The first-order valence-corrected chi connectivity index (χ1v) is 9.92. The molecule has 9 heteroatoms. The maximum absolute atomic E-state index is 12.9. The number of H-pyrrole nitrogens is 1. The molecular weight excluding hydrogens is 426 g/mol. The number of fused-ring (bicyclic) bond motifs is 1. The number of carbonyl (C=O) groups is 1. The van der Waals surface area contributed by atoms with Gasteiger partial charge in [-0.1, -0.05) is 18.2 Å². The molecule has 0 radical (unpaired) electrons. The molecule has 168 valence electrons. The van der Waals surface area contributed by atoms with Crippen LogP contribution in [0.25, 0.3) is 16.6 Å². The van der Waals surface area contributed by atoms with E-state index in [1.54, 1.807) is 42.5 Å². The Hall–Kier alpha value is -4.53. The van der Waals surface area contributed by atoms with Crippen molar-refractivity contribution in [2.45, 2.75) is 0 Å². The SMILES string of the molecule is COc1cc(NC(=O)c2ccc3c(=O)n(-c4ccccc4)c(=O)[nH]c3c2)cc(OC)c1OC. The second kappa shape index (κ2) is 8.91. The van der Waals surface area contributed by atoms with Crippen molar-refractivity contribution in [2.24, 2.45) is 0 Å². The molecule has 2 N–H and O–H groups in total. The number of benzene rings is 3. The maximum Gasteiger partial charge on any atom is 0.333 e. The van der Waals surface area contributed by atoms with E-state index in [-0.39, 0.29) is 16.5 Å². The minimum Gasteiger partial charge on any atom is -0.493 e. The smallest absolute Gasteiger partial charge is 0.333 e. The van der Waals surface area contributed by atoms with Crippen LogP contribution in [0.1, 0.15) is 10.4 Å². The summed E-state index contributed by atoms with van der Waals surface area (Å²) in [5.74, 6) is 0.725. The van der Waals surface area contributed by atoms with Crippen molar-refractivity contribution in [3.05, 3.63) is 87.1 Å². The molecule has 0 aliphatic heterocycles. The minimum atomic E-state index is -0.596. The molecule has 0 saturated heterocycles. The highest BCUT2D eigenvalue weighted by Gasteiger charge is 2.16. The van der Waals surface area contributed by atoms with E-state index in [9.17, 15) is 14.4 Å². The van der Waals surface area contributed by atoms with Crippen LogP contribution in [0.15, 0.2) is 70.3 Å². The van der Waals surface area contributed by atoms with Crippen LogP contribution < -0.4 is 30.8 Å². The van der Waals surface area contributed by atoms with Gasteiger partial charge in [0.1, 0.15) is 0 Å². The van der Waals surface area contributed by atoms with Gasteiger partial charge in [0.2, 0.25) is 5.75 Å². The predicted octanol–water partition coefficient (Wildman–Crippen LogP) is 2.96. The van der Waals surface area contributed by atoms with Crippen LogP contribution in [-0.2, 0) is 0 Å². The van der Waals surface area contributed by atoms with E-state index >= 15 is 0 Å². The number of anilines is 1. The van der Waals surface area contributed by atoms with Crippen LogP contribution >= 0.6 is 0 Å². The van der Waals surface area contributed by atoms with Gasteiger partial charge in [0.05, 0.1) is 37.9 Å². The predicted molar refractivity (Wildman–Crippen MR) is 124 cm³/mol. The van der Waals surface area contributed by atoms with Crippen molar-refractivity contribution in [1.82, 2.24) is 9.55 Å². The topological polar surface area (TPSA) is 112 Å². The molecule has 3 aromatic carbocycles. The number of nitrogens with one attached hydrogen (secondary N) is 2. The number of methoxy groups -OCH3 is 3. The van der Waals surface area contributed by atoms with Crippen LogP contribution in [0.5, 0.6) is 17.2 Å². The molecule has 0 unspecified atom stereocenters. The Morgan fingerprint density at radius 1 is 0.879 bits per heavy atom. The van der Waals surface area contributed by atoms with E-state index in [4.69, 9.17) is 14.2 Å². The summed E-state index contributed by atoms with van der Waals surface area (Å²) >= 11 is 0. The van der Waals surface area contributed by atoms with Crippen molar-refractivity contribution in [1.29, 1.82) is 0 Å². The highest BCUT2D eigenvalue weighted by atomic mass is 16.5. The van der Waals surface area contributed by atoms with E-state index in [2.05, 4.69) is 10.3 Å². The molecule has 1 aromatic heterocycles. The van der Waals surface area contributed by atoms with Gasteiger partial charge in [0, 0.05) is 23.4 Å². The number of nitrogens with zero attached hydrogens (tertiary/aromatic N) is 1. The van der Waals surface area contributed by atoms with Crippen molar-refractivity contribution >= 4 is 22.5 Å². The van der Waals surface area contributed by atoms with Gasteiger partial charge >= 0.3 is 5.69 Å². The lowest BCUT2D eigenvalue weighted by molar-refractivity contribution is 0.102. The molecule has 0 bridgehead atoms. The second-order valence-corrected chi connectivity index (χ2v) is 7.03. The summed E-state index contributed by atoms with van der Waals surface area (Å²) in [4.78, 5) is 41.1. The zero-order valence-electron chi connectivity index (χ0n) is 18.2. The summed E-state index contributed by atoms with van der Waals surface area (Å²) in [6.07, 6.45) is 0. The normalized spacial score (nSPS) is 10.6. The van der Waals surface area contributed by atoms with E-state index < -0.39 is 17.2 Å². The minimum absolute atomic E-state index is 0.253. The average molecular weight is 447 g/mol. The number of para-hydroxylation sites is 1. The van der Waals surface area contributed by atoms with Gasteiger partial charge in [-0.25, -0.2) is 9.36 Å². The third kappa shape index (κ3) is 4.03. The number of ether oxygens (including phenoxy) is 3. The van der Waals surface area contributed by atoms with Crippen molar-refractivity contribution < 1.29 is 19.0 Å². The molecule has 0 saturated carbocycles. The quantitative estimate of drug-likeness (QED) is 0.470. The molecule has 1 heterocycles. The maximum atomic E-state index is 12.9. The molecule has 1 amide bonds. The number of hydrogen-bond donors (Lipinski definition) is 2. The van der Waals surface area contributed by atoms with E-state index in [1.165, 1.54) is 39.5 Å². The zero-order chi connectivity index (χ0) is 23.5. The third-order valence-corrected chi connectivity index (χ3v) is 5.10. The highest BCUT2D eigenvalue weighted by Crippen LogP contribution is 2.40. The van der Waals surface area contributed by atoms with Gasteiger partial charge in [0.15, 0.2) is 11.5 Å². The summed E-state index contributed by atoms with van der Waals surface area (Å²) in [5, 5.41) is 3.04. The molecule has 0 aliphatic carbocycles. The number of hydrogen-bond acceptors (Lipinski definition) is 6. The van der Waals surface area contributed by atoms with E-state index in [0.717, 1.165) is 4.57 Å². The molecule has 9 nitrogen and oxygen atoms in total. The lowest BCUT2D eigenvalue weighted by Gasteiger charge is -2.14. The summed E-state index contributed by atoms with van der Waals surface area (Å²) < 4.78 is 17.0. The van der Waals surface area contributed by atoms with Crippen molar-refractivity contribution in [3.8, 4) is 22.9 Å². The van der Waals surface area contributed by atoms with Gasteiger partial charge in [-0.2, -0.15) is 0 Å². The molecule has 4 aromatic rings. The number of amides is 1. The summed E-state index contributed by atoms with van der Waals surface area (Å²) in [6, 6.07) is 16.3. The van der Waals surface area contributed by atoms with Gasteiger partial charge in [-0.3, -0.25) is 9.59 Å². The molecule has 0 atom stereocenters. The first-order valence-electron chi connectivity index (χ1n) is 9.92. The Balaban J connectivity index is 1.71. The van der Waals surface area contributed by atoms with E-state index in [1.807, 2.05) is 0 Å². The highest BCUT2D eigenvalue weighted by molar-refractivity contribution is 6.06. The van der Waals surface area contributed by atoms with Crippen LogP contribution in [0.2, 0.25) is 0 Å². The molecule has 0 spiro atoms. The van der Waals surface area contributed by atoms with Crippen LogP contribution in [0.3, 0.4) is 0 Å². The third-order valence-electron chi connectivity index (χ3n) is 5.10. The van der Waals surface area contributed by atoms with Crippen LogP contribution in [0, 0.1) is 0 Å². The first-order chi connectivity index (χ1) is 16.0. The van der Waals surface area contributed by atoms with Gasteiger partial charge in [-0.05, 0) is 30.3 Å². The summed E-state index contributed by atoms with van der Waals surface area (Å²) in [5.41, 5.74) is 0.313. The standard InChI is InChI=1S/C24H21N3O6/c1-31-19-12-15(13-20(32-2)21(19)33-3)25-22(28)14-9-10-17-18(11-14)26-24(30)27(23(17)29)16-7-5-4-6-8-16/h4-13H,1-3H3,(H,25,28)(H,26,30). The lowest BCUT2D eigenvalue weighted by Crippen LogP contribution is -2.33. The number of carbonyl (C=O) groups excluding carboxylic acids is 1. The first kappa shape index (κ1) is 21.7. The molecular formula is C24H21N3O6. The summed E-state index contributed by atoms with van der Waals surface area (Å²) in [7, 11) is 4.44. The zero-order valence-corrected chi connectivity index (χ0v) is 18.2. The average Bonchev–Trinajstić information content (AvgIpc) is 2.83. The number of rotatable bonds is 6. The Kier molecular flexibility index (Phi) is 5.86. The van der Waals surface area contributed by atoms with Gasteiger partial charge in [-0.15, -0.1) is 0 Å². The molecule has 0 aliphatic rings. The fourth-order valence-corrected chi connectivity index (χ4v) is 3.53. The second-order valence-electron chi connectivity index (χ2n) is 7.03. The fourth-order valence-electron chi connectivity index (χ4n) is 3.53. The van der Waals surface area contributed by atoms with Gasteiger partial charge < -0.3 is 24.5 Å². The van der Waals surface area contributed by atoms with Gasteiger partial charge in [0.25, 0.3) is 11.5 Å². The Morgan fingerprint density at radius 3 is 2.15 bits per heavy atom. The molecule has 4 rings (SSSR count). The van der Waals surface area contributed by atoms with Crippen LogP contribution in [-0.4, -0.2) is 36.8 Å². The lowest BCUT2D eigenvalue weighted by atomic mass is 10.1. The fraction of sp³-hybridized carbons (Fsp3) is 0.125. The Morgan fingerprint density at radius 2 is 1.55 bits per heavy atom. The van der Waals surface area contributed by atoms with Crippen molar-refractivity contribution in [3.63, 3.8) is 0 Å². The number of aromatic amines is 1. The molecule has 33 heavy (non-hydrogen) atoms. The monoisotopic (exact) mass is 447 g/mol. The van der Waals surface area contributed by atoms with Crippen LogP contribution in [0.4, 0.5) is 5.69 Å². The molecule has 0 fully saturated rings. The largest absolute Gasteiger partial charge is 0.493 e.